The summed E-state index contributed by atoms with van der Waals surface area (Å²) < 4.78 is 5.43. The fraction of sp³-hybridized carbons (Fsp3) is 0.600. The maximum Gasteiger partial charge on any atom is 0.123 e. The van der Waals surface area contributed by atoms with Gasteiger partial charge in [-0.3, -0.25) is 4.90 Å². The summed E-state index contributed by atoms with van der Waals surface area (Å²) in [6.07, 6.45) is 2.63. The van der Waals surface area contributed by atoms with Crippen LogP contribution in [0.25, 0.3) is 0 Å². The summed E-state index contributed by atoms with van der Waals surface area (Å²) in [5, 5.41) is 3.61. The van der Waals surface area contributed by atoms with Crippen LogP contribution in [0.3, 0.4) is 0 Å². The van der Waals surface area contributed by atoms with Gasteiger partial charge in [-0.1, -0.05) is 18.2 Å². The Balaban J connectivity index is 0.00000133. The van der Waals surface area contributed by atoms with Crippen LogP contribution in [0.4, 0.5) is 0 Å². The molecule has 0 spiro atoms. The number of hydrogen-bond acceptors (Lipinski definition) is 3. The van der Waals surface area contributed by atoms with E-state index < -0.39 is 0 Å². The molecule has 0 aromatic heterocycles. The highest BCUT2D eigenvalue weighted by atomic mass is 35.5. The van der Waals surface area contributed by atoms with E-state index in [1.807, 2.05) is 6.07 Å². The molecule has 2 aliphatic rings. The highest BCUT2D eigenvalue weighted by molar-refractivity contribution is 5.85. The Bertz CT molecular complexity index is 413. The van der Waals surface area contributed by atoms with Crippen LogP contribution in [0.1, 0.15) is 18.4 Å². The van der Waals surface area contributed by atoms with Crippen molar-refractivity contribution in [2.45, 2.75) is 25.4 Å². The Morgan fingerprint density at radius 1 is 1.32 bits per heavy atom. The Morgan fingerprint density at radius 2 is 2.16 bits per heavy atom. The first kappa shape index (κ1) is 14.6. The van der Waals surface area contributed by atoms with Gasteiger partial charge in [0.15, 0.2) is 0 Å². The number of nitrogens with zero attached hydrogens (tertiary/aromatic N) is 1. The Hall–Kier alpha value is -0.770. The maximum absolute atomic E-state index is 5.43. The van der Waals surface area contributed by atoms with E-state index in [4.69, 9.17) is 4.74 Å². The number of ether oxygens (including phenoxy) is 1. The summed E-state index contributed by atoms with van der Waals surface area (Å²) in [4.78, 5) is 2.58. The molecule has 0 saturated carbocycles. The number of halogens is 1. The molecule has 2 fully saturated rings. The quantitative estimate of drug-likeness (QED) is 0.921. The molecule has 19 heavy (non-hydrogen) atoms. The fourth-order valence-corrected chi connectivity index (χ4v) is 3.34. The minimum absolute atomic E-state index is 0. The van der Waals surface area contributed by atoms with Crippen molar-refractivity contribution < 1.29 is 4.74 Å². The van der Waals surface area contributed by atoms with Gasteiger partial charge in [-0.2, -0.15) is 0 Å². The normalized spacial score (nSPS) is 26.6. The monoisotopic (exact) mass is 282 g/mol. The largest absolute Gasteiger partial charge is 0.496 e. The standard InChI is InChI=1S/C15H22N2O.ClH/c1-18-15-5-3-2-4-13(15)11-17-9-7-14-12(10-17)6-8-16-14;/h2-5,12,14,16H,6-11H2,1H3;1H. The maximum atomic E-state index is 5.43. The molecule has 3 rings (SSSR count). The first-order valence-corrected chi connectivity index (χ1v) is 6.94. The number of nitrogens with one attached hydrogen (secondary N) is 1. The molecule has 106 valence electrons. The van der Waals surface area contributed by atoms with Crippen molar-refractivity contribution in [1.29, 1.82) is 0 Å². The molecule has 2 heterocycles. The summed E-state index contributed by atoms with van der Waals surface area (Å²) in [5.74, 6) is 1.87. The summed E-state index contributed by atoms with van der Waals surface area (Å²) in [5.41, 5.74) is 1.31. The predicted molar refractivity (Wildman–Crippen MR) is 80.0 cm³/mol. The Morgan fingerprint density at radius 3 is 3.00 bits per heavy atom. The van der Waals surface area contributed by atoms with E-state index in [2.05, 4.69) is 28.4 Å². The van der Waals surface area contributed by atoms with Gasteiger partial charge >= 0.3 is 0 Å². The second-order valence-electron chi connectivity index (χ2n) is 5.45. The molecule has 0 bridgehead atoms. The molecular weight excluding hydrogens is 260 g/mol. The first-order chi connectivity index (χ1) is 8.86. The third-order valence-corrected chi connectivity index (χ3v) is 4.33. The van der Waals surface area contributed by atoms with E-state index in [9.17, 15) is 0 Å². The van der Waals surface area contributed by atoms with Crippen molar-refractivity contribution in [1.82, 2.24) is 10.2 Å². The number of para-hydroxylation sites is 1. The molecule has 2 aliphatic heterocycles. The third-order valence-electron chi connectivity index (χ3n) is 4.33. The number of methoxy groups -OCH3 is 1. The third kappa shape index (κ3) is 3.22. The zero-order chi connectivity index (χ0) is 12.4. The SMILES string of the molecule is COc1ccccc1CN1CCC2NCCC2C1.Cl. The molecule has 0 aliphatic carbocycles. The second kappa shape index (κ2) is 6.60. The Kier molecular flexibility index (Phi) is 5.08. The van der Waals surface area contributed by atoms with Crippen LogP contribution in [0.5, 0.6) is 5.75 Å². The van der Waals surface area contributed by atoms with Crippen molar-refractivity contribution in [2.24, 2.45) is 5.92 Å². The van der Waals surface area contributed by atoms with Crippen molar-refractivity contribution >= 4 is 12.4 Å². The molecule has 2 atom stereocenters. The topological polar surface area (TPSA) is 24.5 Å². The lowest BCUT2D eigenvalue weighted by Crippen LogP contribution is -2.43. The zero-order valence-corrected chi connectivity index (χ0v) is 12.3. The van der Waals surface area contributed by atoms with E-state index in [0.29, 0.717) is 0 Å². The van der Waals surface area contributed by atoms with Crippen molar-refractivity contribution in [2.75, 3.05) is 26.7 Å². The second-order valence-corrected chi connectivity index (χ2v) is 5.45. The van der Waals surface area contributed by atoms with E-state index >= 15 is 0 Å². The molecule has 1 aromatic carbocycles. The van der Waals surface area contributed by atoms with E-state index in [1.54, 1.807) is 7.11 Å². The van der Waals surface area contributed by atoms with Crippen molar-refractivity contribution in [3.05, 3.63) is 29.8 Å². The van der Waals surface area contributed by atoms with Gasteiger partial charge in [0.25, 0.3) is 0 Å². The van der Waals surface area contributed by atoms with Gasteiger partial charge < -0.3 is 10.1 Å². The molecule has 2 unspecified atom stereocenters. The lowest BCUT2D eigenvalue weighted by Gasteiger charge is -2.35. The molecule has 1 aromatic rings. The van der Waals surface area contributed by atoms with Gasteiger partial charge in [-0.25, -0.2) is 0 Å². The molecule has 2 saturated heterocycles. The smallest absolute Gasteiger partial charge is 0.123 e. The average molecular weight is 283 g/mol. The van der Waals surface area contributed by atoms with Gasteiger partial charge in [0.1, 0.15) is 5.75 Å². The number of likely N-dealkylation sites (tertiary alicyclic amines) is 1. The van der Waals surface area contributed by atoms with Crippen LogP contribution >= 0.6 is 12.4 Å². The van der Waals surface area contributed by atoms with E-state index in [1.165, 1.54) is 38.0 Å². The minimum Gasteiger partial charge on any atom is -0.496 e. The molecule has 1 N–H and O–H groups in total. The van der Waals surface area contributed by atoms with Gasteiger partial charge in [0, 0.05) is 24.7 Å². The summed E-state index contributed by atoms with van der Waals surface area (Å²) in [6.45, 7) is 4.66. The van der Waals surface area contributed by atoms with Crippen molar-refractivity contribution in [3.8, 4) is 5.75 Å². The van der Waals surface area contributed by atoms with Gasteiger partial charge in [-0.05, 0) is 37.9 Å². The van der Waals surface area contributed by atoms with Gasteiger partial charge in [0.2, 0.25) is 0 Å². The van der Waals surface area contributed by atoms with Crippen LogP contribution in [0.15, 0.2) is 24.3 Å². The number of rotatable bonds is 3. The highest BCUT2D eigenvalue weighted by Crippen LogP contribution is 2.27. The van der Waals surface area contributed by atoms with E-state index in [0.717, 1.165) is 24.3 Å². The average Bonchev–Trinajstić information content (AvgIpc) is 2.87. The number of hydrogen-bond donors (Lipinski definition) is 1. The van der Waals surface area contributed by atoms with Crippen LogP contribution in [-0.4, -0.2) is 37.7 Å². The van der Waals surface area contributed by atoms with Gasteiger partial charge in [-0.15, -0.1) is 12.4 Å². The lowest BCUT2D eigenvalue weighted by molar-refractivity contribution is 0.154. The summed E-state index contributed by atoms with van der Waals surface area (Å²) in [7, 11) is 1.76. The zero-order valence-electron chi connectivity index (χ0n) is 11.5. The van der Waals surface area contributed by atoms with Crippen LogP contribution in [0, 0.1) is 5.92 Å². The fourth-order valence-electron chi connectivity index (χ4n) is 3.34. The first-order valence-electron chi connectivity index (χ1n) is 6.94. The van der Waals surface area contributed by atoms with Crippen LogP contribution in [-0.2, 0) is 6.54 Å². The van der Waals surface area contributed by atoms with Gasteiger partial charge in [0.05, 0.1) is 7.11 Å². The number of fused-ring (bicyclic) bond motifs is 1. The highest BCUT2D eigenvalue weighted by Gasteiger charge is 2.32. The minimum atomic E-state index is 0. The van der Waals surface area contributed by atoms with Crippen LogP contribution < -0.4 is 10.1 Å². The molecule has 0 amide bonds. The number of benzene rings is 1. The molecule has 0 radical (unpaired) electrons. The number of piperidine rings is 1. The van der Waals surface area contributed by atoms with Crippen molar-refractivity contribution in [3.63, 3.8) is 0 Å². The molecular formula is C15H23ClN2O. The summed E-state index contributed by atoms with van der Waals surface area (Å²) >= 11 is 0. The Labute approximate surface area is 121 Å². The lowest BCUT2D eigenvalue weighted by atomic mass is 9.93. The van der Waals surface area contributed by atoms with Crippen LogP contribution in [0.2, 0.25) is 0 Å². The molecule has 3 nitrogen and oxygen atoms in total. The molecule has 4 heteroatoms. The predicted octanol–water partition coefficient (Wildman–Crippen LogP) is 2.30. The summed E-state index contributed by atoms with van der Waals surface area (Å²) in [6, 6.07) is 9.15. The van der Waals surface area contributed by atoms with E-state index in [-0.39, 0.29) is 12.4 Å².